The highest BCUT2D eigenvalue weighted by molar-refractivity contribution is 5.79. The molecule has 2 aliphatic heterocycles. The van der Waals surface area contributed by atoms with E-state index in [0.717, 1.165) is 75.2 Å². The number of guanidine groups is 1. The molecule has 3 rings (SSSR count). The summed E-state index contributed by atoms with van der Waals surface area (Å²) < 4.78 is 22.5. The van der Waals surface area contributed by atoms with Gasteiger partial charge in [-0.1, -0.05) is 6.07 Å². The van der Waals surface area contributed by atoms with Crippen LogP contribution in [-0.4, -0.2) is 58.2 Å². The van der Waals surface area contributed by atoms with Crippen LogP contribution in [0.4, 0.5) is 0 Å². The Balaban J connectivity index is 1.44. The fourth-order valence-electron chi connectivity index (χ4n) is 2.99. The summed E-state index contributed by atoms with van der Waals surface area (Å²) in [6, 6.07) is 6.03. The topological polar surface area (TPSA) is 73.3 Å². The number of benzene rings is 1. The molecule has 2 aliphatic rings. The summed E-state index contributed by atoms with van der Waals surface area (Å²) in [4.78, 5) is 4.67. The Kier molecular flexibility index (Phi) is 8.04. The van der Waals surface area contributed by atoms with Crippen molar-refractivity contribution in [2.24, 2.45) is 4.99 Å². The van der Waals surface area contributed by atoms with Crippen LogP contribution in [0.15, 0.2) is 23.2 Å². The second-order valence-corrected chi connectivity index (χ2v) is 6.66. The lowest BCUT2D eigenvalue weighted by atomic mass is 10.2. The largest absolute Gasteiger partial charge is 0.490 e. The van der Waals surface area contributed by atoms with Crippen LogP contribution < -0.4 is 20.1 Å². The Hall–Kier alpha value is -1.99. The highest BCUT2D eigenvalue weighted by Gasteiger charge is 2.15. The van der Waals surface area contributed by atoms with Gasteiger partial charge in [-0.3, -0.25) is 0 Å². The first-order chi connectivity index (χ1) is 13.3. The van der Waals surface area contributed by atoms with E-state index >= 15 is 0 Å². The van der Waals surface area contributed by atoms with Gasteiger partial charge in [0.25, 0.3) is 0 Å². The van der Waals surface area contributed by atoms with Crippen LogP contribution in [0.2, 0.25) is 0 Å². The van der Waals surface area contributed by atoms with Gasteiger partial charge in [-0.2, -0.15) is 0 Å². The van der Waals surface area contributed by atoms with E-state index in [-0.39, 0.29) is 6.10 Å². The third-order valence-electron chi connectivity index (χ3n) is 4.43. The third-order valence-corrected chi connectivity index (χ3v) is 4.43. The molecule has 0 spiro atoms. The van der Waals surface area contributed by atoms with Crippen LogP contribution >= 0.6 is 0 Å². The maximum Gasteiger partial charge on any atom is 0.191 e. The van der Waals surface area contributed by atoms with Gasteiger partial charge in [0.15, 0.2) is 17.5 Å². The number of rotatable bonds is 8. The van der Waals surface area contributed by atoms with E-state index in [1.54, 1.807) is 0 Å². The lowest BCUT2D eigenvalue weighted by molar-refractivity contribution is 0.0420. The van der Waals surface area contributed by atoms with Crippen molar-refractivity contribution in [3.05, 3.63) is 23.8 Å². The molecule has 2 N–H and O–H groups in total. The molecule has 2 heterocycles. The average Bonchev–Trinajstić information content (AvgIpc) is 3.09. The first kappa shape index (κ1) is 19.8. The van der Waals surface area contributed by atoms with Gasteiger partial charge in [-0.15, -0.1) is 0 Å². The molecule has 27 heavy (non-hydrogen) atoms. The van der Waals surface area contributed by atoms with Crippen LogP contribution in [0.1, 0.15) is 31.7 Å². The predicted octanol–water partition coefficient (Wildman–Crippen LogP) is 2.10. The number of aliphatic imine (C=N–C) groups is 1. The third kappa shape index (κ3) is 6.59. The SMILES string of the molecule is CCNC(=NCc1ccc2c(c1)OCCCO2)NCCCOC1CCOC1. The molecule has 0 bridgehead atoms. The van der Waals surface area contributed by atoms with Gasteiger partial charge in [0, 0.05) is 32.7 Å². The van der Waals surface area contributed by atoms with Crippen molar-refractivity contribution in [3.8, 4) is 11.5 Å². The molecule has 0 amide bonds. The molecule has 7 nitrogen and oxygen atoms in total. The molecule has 1 aromatic carbocycles. The van der Waals surface area contributed by atoms with Crippen molar-refractivity contribution in [1.82, 2.24) is 10.6 Å². The summed E-state index contributed by atoms with van der Waals surface area (Å²) in [6.07, 6.45) is 3.12. The predicted molar refractivity (Wildman–Crippen MR) is 105 cm³/mol. The average molecular weight is 377 g/mol. The van der Waals surface area contributed by atoms with Crippen molar-refractivity contribution in [3.63, 3.8) is 0 Å². The van der Waals surface area contributed by atoms with Gasteiger partial charge in [-0.25, -0.2) is 4.99 Å². The molecule has 1 unspecified atom stereocenters. The van der Waals surface area contributed by atoms with Crippen LogP contribution in [0.25, 0.3) is 0 Å². The minimum absolute atomic E-state index is 0.270. The van der Waals surface area contributed by atoms with E-state index < -0.39 is 0 Å². The van der Waals surface area contributed by atoms with E-state index in [9.17, 15) is 0 Å². The van der Waals surface area contributed by atoms with Gasteiger partial charge < -0.3 is 29.6 Å². The van der Waals surface area contributed by atoms with Crippen LogP contribution in [0, 0.1) is 0 Å². The van der Waals surface area contributed by atoms with Crippen molar-refractivity contribution in [2.45, 2.75) is 38.8 Å². The fraction of sp³-hybridized carbons (Fsp3) is 0.650. The van der Waals surface area contributed by atoms with E-state index in [2.05, 4.69) is 22.5 Å². The summed E-state index contributed by atoms with van der Waals surface area (Å²) in [6.45, 7) is 7.98. The second-order valence-electron chi connectivity index (χ2n) is 6.66. The first-order valence-electron chi connectivity index (χ1n) is 9.95. The highest BCUT2D eigenvalue weighted by Crippen LogP contribution is 2.30. The number of hydrogen-bond acceptors (Lipinski definition) is 5. The molecule has 1 saturated heterocycles. The lowest BCUT2D eigenvalue weighted by Crippen LogP contribution is -2.38. The molecule has 0 aliphatic carbocycles. The Morgan fingerprint density at radius 2 is 2.07 bits per heavy atom. The number of nitrogens with zero attached hydrogens (tertiary/aromatic N) is 1. The molecule has 0 radical (unpaired) electrons. The van der Waals surface area contributed by atoms with Crippen molar-refractivity contribution < 1.29 is 18.9 Å². The molecule has 150 valence electrons. The number of ether oxygens (including phenoxy) is 4. The summed E-state index contributed by atoms with van der Waals surface area (Å²) in [5, 5.41) is 6.64. The van der Waals surface area contributed by atoms with Crippen molar-refractivity contribution >= 4 is 5.96 Å². The Labute approximate surface area is 161 Å². The van der Waals surface area contributed by atoms with Crippen LogP contribution in [0.3, 0.4) is 0 Å². The summed E-state index contributed by atoms with van der Waals surface area (Å²) in [7, 11) is 0. The van der Waals surface area contributed by atoms with E-state index in [0.29, 0.717) is 19.8 Å². The van der Waals surface area contributed by atoms with E-state index in [1.165, 1.54) is 0 Å². The van der Waals surface area contributed by atoms with Crippen LogP contribution in [-0.2, 0) is 16.0 Å². The van der Waals surface area contributed by atoms with Gasteiger partial charge in [0.2, 0.25) is 0 Å². The molecule has 1 aromatic rings. The monoisotopic (exact) mass is 377 g/mol. The molecule has 1 fully saturated rings. The van der Waals surface area contributed by atoms with Gasteiger partial charge in [0.1, 0.15) is 0 Å². The lowest BCUT2D eigenvalue weighted by Gasteiger charge is -2.13. The molecule has 7 heteroatoms. The maximum absolute atomic E-state index is 5.79. The number of fused-ring (bicyclic) bond motifs is 1. The van der Waals surface area contributed by atoms with Gasteiger partial charge in [0.05, 0.1) is 32.5 Å². The normalized spacial score (nSPS) is 19.6. The standard InChI is InChI=1S/C20H31N3O4/c1-2-21-20(22-8-3-9-25-17-7-12-24-15-17)23-14-16-5-6-18-19(13-16)27-11-4-10-26-18/h5-6,13,17H,2-4,7-12,14-15H2,1H3,(H2,21,22,23). The Bertz CT molecular complexity index is 603. The quantitative estimate of drug-likeness (QED) is 0.411. The molecule has 0 saturated carbocycles. The zero-order valence-electron chi connectivity index (χ0n) is 16.2. The maximum atomic E-state index is 5.79. The molecular formula is C20H31N3O4. The van der Waals surface area contributed by atoms with Crippen molar-refractivity contribution in [2.75, 3.05) is 46.1 Å². The first-order valence-corrected chi connectivity index (χ1v) is 9.95. The molecular weight excluding hydrogens is 346 g/mol. The number of hydrogen-bond donors (Lipinski definition) is 2. The zero-order valence-corrected chi connectivity index (χ0v) is 16.2. The fourth-order valence-corrected chi connectivity index (χ4v) is 2.99. The van der Waals surface area contributed by atoms with E-state index in [1.807, 2.05) is 18.2 Å². The second kappa shape index (κ2) is 11.0. The minimum atomic E-state index is 0.270. The summed E-state index contributed by atoms with van der Waals surface area (Å²) >= 11 is 0. The van der Waals surface area contributed by atoms with Crippen molar-refractivity contribution in [1.29, 1.82) is 0 Å². The Morgan fingerprint density at radius 1 is 1.19 bits per heavy atom. The highest BCUT2D eigenvalue weighted by atomic mass is 16.5. The number of nitrogens with one attached hydrogen (secondary N) is 2. The van der Waals surface area contributed by atoms with Gasteiger partial charge in [-0.05, 0) is 37.5 Å². The summed E-state index contributed by atoms with van der Waals surface area (Å²) in [5.74, 6) is 2.44. The van der Waals surface area contributed by atoms with Crippen LogP contribution in [0.5, 0.6) is 11.5 Å². The minimum Gasteiger partial charge on any atom is -0.490 e. The zero-order chi connectivity index (χ0) is 18.7. The smallest absolute Gasteiger partial charge is 0.191 e. The summed E-state index contributed by atoms with van der Waals surface area (Å²) in [5.41, 5.74) is 1.10. The van der Waals surface area contributed by atoms with Gasteiger partial charge >= 0.3 is 0 Å². The van der Waals surface area contributed by atoms with E-state index in [4.69, 9.17) is 18.9 Å². The Morgan fingerprint density at radius 3 is 2.89 bits per heavy atom. The molecule has 1 atom stereocenters. The molecule has 0 aromatic heterocycles.